The second kappa shape index (κ2) is 7.75. The minimum absolute atomic E-state index is 0.0733. The number of methoxy groups -OCH3 is 1. The third kappa shape index (κ3) is 4.43. The number of carbonyl (C=O) groups excluding carboxylic acids is 1. The average Bonchev–Trinajstić information content (AvgIpc) is 3.02. The highest BCUT2D eigenvalue weighted by molar-refractivity contribution is 6.06. The van der Waals surface area contributed by atoms with Crippen LogP contribution in [0.2, 0.25) is 0 Å². The third-order valence-corrected chi connectivity index (χ3v) is 4.10. The predicted octanol–water partition coefficient (Wildman–Crippen LogP) is 4.81. The summed E-state index contributed by atoms with van der Waals surface area (Å²) in [5.41, 5.74) is 1.17. The summed E-state index contributed by atoms with van der Waals surface area (Å²) in [6.45, 7) is 0.198. The van der Waals surface area contributed by atoms with Crippen molar-refractivity contribution >= 4 is 22.6 Å². The number of furan rings is 1. The first-order valence-corrected chi connectivity index (χ1v) is 8.34. The van der Waals surface area contributed by atoms with Crippen molar-refractivity contribution in [2.24, 2.45) is 0 Å². The van der Waals surface area contributed by atoms with E-state index in [1.165, 1.54) is 25.3 Å². The van der Waals surface area contributed by atoms with Crippen molar-refractivity contribution in [2.45, 2.75) is 13.1 Å². The van der Waals surface area contributed by atoms with Gasteiger partial charge in [-0.1, -0.05) is 0 Å². The molecule has 0 aliphatic rings. The smallest absolute Gasteiger partial charge is 0.422 e. The molecule has 1 aromatic heterocycles. The summed E-state index contributed by atoms with van der Waals surface area (Å²) in [5, 5.41) is 12.4. The molecule has 0 bridgehead atoms. The van der Waals surface area contributed by atoms with E-state index in [0.717, 1.165) is 0 Å². The number of alkyl halides is 3. The number of rotatable bonds is 5. The number of ether oxygens (including phenoxy) is 2. The Morgan fingerprint density at radius 1 is 1.24 bits per heavy atom. The van der Waals surface area contributed by atoms with E-state index in [4.69, 9.17) is 14.4 Å². The standard InChI is InChI=1S/C20H15F3N2O4/c1-11-15-8-14(27-2)4-6-17(15)29-18(11)19(26)25-13-3-5-16(12(7-13)9-24)28-10-20(21,22)23/h3-8H,10H2,1-2H3,(H,25,26). The molecule has 2 aromatic carbocycles. The number of nitriles is 1. The summed E-state index contributed by atoms with van der Waals surface area (Å²) in [6.07, 6.45) is -4.53. The Morgan fingerprint density at radius 3 is 2.66 bits per heavy atom. The van der Waals surface area contributed by atoms with Crippen molar-refractivity contribution in [1.82, 2.24) is 0 Å². The number of benzene rings is 2. The largest absolute Gasteiger partial charge is 0.497 e. The number of halogens is 3. The monoisotopic (exact) mass is 404 g/mol. The van der Waals surface area contributed by atoms with Crippen molar-refractivity contribution in [3.63, 3.8) is 0 Å². The highest BCUT2D eigenvalue weighted by Crippen LogP contribution is 2.30. The molecule has 3 aromatic rings. The first-order chi connectivity index (χ1) is 13.7. The molecule has 0 saturated carbocycles. The zero-order chi connectivity index (χ0) is 21.2. The second-order valence-corrected chi connectivity index (χ2v) is 6.10. The number of aryl methyl sites for hydroxylation is 1. The summed E-state index contributed by atoms with van der Waals surface area (Å²) in [6, 6.07) is 10.6. The highest BCUT2D eigenvalue weighted by atomic mass is 19.4. The molecule has 0 unspecified atom stereocenters. The number of nitrogens with zero attached hydrogens (tertiary/aromatic N) is 1. The molecule has 0 saturated heterocycles. The van der Waals surface area contributed by atoms with E-state index in [-0.39, 0.29) is 22.8 Å². The van der Waals surface area contributed by atoms with Gasteiger partial charge in [-0.3, -0.25) is 4.79 Å². The minimum Gasteiger partial charge on any atom is -0.497 e. The Kier molecular flexibility index (Phi) is 5.37. The van der Waals surface area contributed by atoms with Crippen molar-refractivity contribution in [3.05, 3.63) is 53.3 Å². The quantitative estimate of drug-likeness (QED) is 0.659. The number of hydrogen-bond acceptors (Lipinski definition) is 5. The average molecular weight is 404 g/mol. The Hall–Kier alpha value is -3.67. The van der Waals surface area contributed by atoms with E-state index in [1.54, 1.807) is 31.2 Å². The summed E-state index contributed by atoms with van der Waals surface area (Å²) in [7, 11) is 1.53. The zero-order valence-electron chi connectivity index (χ0n) is 15.4. The van der Waals surface area contributed by atoms with Crippen LogP contribution in [0.5, 0.6) is 11.5 Å². The molecule has 0 radical (unpaired) electrons. The molecule has 1 N–H and O–H groups in total. The molecule has 0 fully saturated rings. The fourth-order valence-corrected chi connectivity index (χ4v) is 2.71. The van der Waals surface area contributed by atoms with Gasteiger partial charge in [0.2, 0.25) is 0 Å². The Morgan fingerprint density at radius 2 is 2.00 bits per heavy atom. The van der Waals surface area contributed by atoms with Crippen LogP contribution in [0.15, 0.2) is 40.8 Å². The van der Waals surface area contributed by atoms with E-state index in [9.17, 15) is 18.0 Å². The molecule has 150 valence electrons. The Balaban J connectivity index is 1.83. The second-order valence-electron chi connectivity index (χ2n) is 6.10. The molecule has 1 heterocycles. The number of nitrogens with one attached hydrogen (secondary N) is 1. The summed E-state index contributed by atoms with van der Waals surface area (Å²) >= 11 is 0. The maximum absolute atomic E-state index is 12.6. The van der Waals surface area contributed by atoms with E-state index in [0.29, 0.717) is 22.3 Å². The van der Waals surface area contributed by atoms with Crippen molar-refractivity contribution in [2.75, 3.05) is 19.0 Å². The van der Waals surface area contributed by atoms with Crippen LogP contribution in [-0.2, 0) is 0 Å². The van der Waals surface area contributed by atoms with Crippen LogP contribution in [0.4, 0.5) is 18.9 Å². The maximum atomic E-state index is 12.6. The number of anilines is 1. The van der Waals surface area contributed by atoms with Crippen LogP contribution in [0, 0.1) is 18.3 Å². The first-order valence-electron chi connectivity index (χ1n) is 8.34. The van der Waals surface area contributed by atoms with Gasteiger partial charge in [0, 0.05) is 16.6 Å². The maximum Gasteiger partial charge on any atom is 0.422 e. The normalized spacial score (nSPS) is 11.2. The predicted molar refractivity (Wildman–Crippen MR) is 98.2 cm³/mol. The summed E-state index contributed by atoms with van der Waals surface area (Å²) in [4.78, 5) is 12.6. The molecular formula is C20H15F3N2O4. The molecule has 6 nitrogen and oxygen atoms in total. The Bertz CT molecular complexity index is 1110. The molecular weight excluding hydrogens is 389 g/mol. The van der Waals surface area contributed by atoms with Crippen LogP contribution in [0.25, 0.3) is 11.0 Å². The van der Waals surface area contributed by atoms with Crippen molar-refractivity contribution in [1.29, 1.82) is 5.26 Å². The van der Waals surface area contributed by atoms with Crippen LogP contribution >= 0.6 is 0 Å². The molecule has 0 atom stereocenters. The van der Waals surface area contributed by atoms with Gasteiger partial charge >= 0.3 is 6.18 Å². The minimum atomic E-state index is -4.53. The molecule has 1 amide bonds. The van der Waals surface area contributed by atoms with Crippen molar-refractivity contribution in [3.8, 4) is 17.6 Å². The molecule has 0 aliphatic carbocycles. The van der Waals surface area contributed by atoms with E-state index >= 15 is 0 Å². The van der Waals surface area contributed by atoms with Gasteiger partial charge in [-0.15, -0.1) is 0 Å². The Labute approximate surface area is 163 Å². The van der Waals surface area contributed by atoms with Gasteiger partial charge in [0.25, 0.3) is 5.91 Å². The number of carbonyl (C=O) groups is 1. The molecule has 0 spiro atoms. The van der Waals surface area contributed by atoms with Crippen LogP contribution in [-0.4, -0.2) is 25.8 Å². The van der Waals surface area contributed by atoms with Gasteiger partial charge in [0.05, 0.1) is 12.7 Å². The lowest BCUT2D eigenvalue weighted by atomic mass is 10.1. The zero-order valence-corrected chi connectivity index (χ0v) is 15.4. The van der Waals surface area contributed by atoms with E-state index in [2.05, 4.69) is 10.1 Å². The first kappa shape index (κ1) is 20.1. The summed E-state index contributed by atoms with van der Waals surface area (Å²) < 4.78 is 52.3. The van der Waals surface area contributed by atoms with Gasteiger partial charge in [0.1, 0.15) is 23.2 Å². The highest BCUT2D eigenvalue weighted by Gasteiger charge is 2.29. The topological polar surface area (TPSA) is 84.5 Å². The molecule has 9 heteroatoms. The van der Waals surface area contributed by atoms with E-state index in [1.807, 2.05) is 0 Å². The number of amides is 1. The van der Waals surface area contributed by atoms with E-state index < -0.39 is 18.7 Å². The lowest BCUT2D eigenvalue weighted by molar-refractivity contribution is -0.153. The van der Waals surface area contributed by atoms with Crippen LogP contribution < -0.4 is 14.8 Å². The van der Waals surface area contributed by atoms with Gasteiger partial charge in [0.15, 0.2) is 12.4 Å². The van der Waals surface area contributed by atoms with Gasteiger partial charge in [-0.25, -0.2) is 0 Å². The summed E-state index contributed by atoms with van der Waals surface area (Å²) in [5.74, 6) is -0.106. The molecule has 29 heavy (non-hydrogen) atoms. The van der Waals surface area contributed by atoms with Gasteiger partial charge in [-0.05, 0) is 43.3 Å². The third-order valence-electron chi connectivity index (χ3n) is 4.10. The lowest BCUT2D eigenvalue weighted by Gasteiger charge is -2.11. The fraction of sp³-hybridized carbons (Fsp3) is 0.200. The lowest BCUT2D eigenvalue weighted by Crippen LogP contribution is -2.19. The fourth-order valence-electron chi connectivity index (χ4n) is 2.71. The van der Waals surface area contributed by atoms with Gasteiger partial charge in [-0.2, -0.15) is 18.4 Å². The van der Waals surface area contributed by atoms with Crippen molar-refractivity contribution < 1.29 is 31.9 Å². The van der Waals surface area contributed by atoms with Gasteiger partial charge < -0.3 is 19.2 Å². The van der Waals surface area contributed by atoms with Crippen LogP contribution in [0.1, 0.15) is 21.7 Å². The molecule has 0 aliphatic heterocycles. The SMILES string of the molecule is COc1ccc2oc(C(=O)Nc3ccc(OCC(F)(F)F)c(C#N)c3)c(C)c2c1. The number of fused-ring (bicyclic) bond motifs is 1. The number of hydrogen-bond donors (Lipinski definition) is 1. The molecule has 3 rings (SSSR count). The van der Waals surface area contributed by atoms with Crippen LogP contribution in [0.3, 0.4) is 0 Å².